The summed E-state index contributed by atoms with van der Waals surface area (Å²) in [6, 6.07) is 7.84. The zero-order valence-corrected chi connectivity index (χ0v) is 20.0. The Morgan fingerprint density at radius 1 is 1.21 bits per heavy atom. The van der Waals surface area contributed by atoms with Crippen LogP contribution in [-0.2, 0) is 16.1 Å². The predicted octanol–water partition coefficient (Wildman–Crippen LogP) is 3.88. The van der Waals surface area contributed by atoms with Gasteiger partial charge in [0.25, 0.3) is 5.56 Å². The monoisotopic (exact) mass is 466 g/mol. The number of benzene rings is 1. The summed E-state index contributed by atoms with van der Waals surface area (Å²) in [4.78, 5) is 42.2. The van der Waals surface area contributed by atoms with Crippen LogP contribution < -0.4 is 16.1 Å². The third kappa shape index (κ3) is 4.62. The minimum atomic E-state index is -0.963. The number of hydrogen-bond acceptors (Lipinski definition) is 7. The van der Waals surface area contributed by atoms with Crippen molar-refractivity contribution in [2.45, 2.75) is 65.0 Å². The first-order valence-electron chi connectivity index (χ1n) is 11.6. The Balaban J connectivity index is 1.59. The number of nitrogens with zero attached hydrogens (tertiary/aromatic N) is 2. The summed E-state index contributed by atoms with van der Waals surface area (Å²) < 4.78 is 16.9. The first kappa shape index (κ1) is 23.7. The highest BCUT2D eigenvalue weighted by Crippen LogP contribution is 2.41. The molecule has 0 spiro atoms. The van der Waals surface area contributed by atoms with Crippen molar-refractivity contribution in [3.05, 3.63) is 68.1 Å². The van der Waals surface area contributed by atoms with Gasteiger partial charge in [-0.1, -0.05) is 36.6 Å². The van der Waals surface area contributed by atoms with Crippen LogP contribution in [0.25, 0.3) is 11.1 Å². The number of carbonyl (C=O) groups is 1. The molecule has 0 amide bonds. The molecule has 2 atom stereocenters. The zero-order chi connectivity index (χ0) is 24.4. The largest absolute Gasteiger partial charge is 0.493 e. The van der Waals surface area contributed by atoms with E-state index in [2.05, 4.69) is 37.0 Å². The maximum Gasteiger partial charge on any atom is 0.423 e. The van der Waals surface area contributed by atoms with Crippen LogP contribution in [0.4, 0.5) is 0 Å². The number of aromatic nitrogens is 2. The van der Waals surface area contributed by atoms with Crippen molar-refractivity contribution in [3.63, 3.8) is 0 Å². The van der Waals surface area contributed by atoms with Gasteiger partial charge in [0.2, 0.25) is 5.58 Å². The van der Waals surface area contributed by atoms with Crippen LogP contribution in [0.15, 0.2) is 44.5 Å². The Morgan fingerprint density at radius 2 is 1.94 bits per heavy atom. The molecule has 0 radical (unpaired) electrons. The lowest BCUT2D eigenvalue weighted by Gasteiger charge is -2.31. The second-order valence-electron chi connectivity index (χ2n) is 9.08. The van der Waals surface area contributed by atoms with Gasteiger partial charge < -0.3 is 13.9 Å². The first-order chi connectivity index (χ1) is 16.3. The van der Waals surface area contributed by atoms with Crippen LogP contribution in [0, 0.1) is 19.8 Å². The Labute approximate surface area is 197 Å². The molecule has 1 aliphatic carbocycles. The maximum atomic E-state index is 12.9. The summed E-state index contributed by atoms with van der Waals surface area (Å²) in [5.41, 5.74) is 2.68. The molecular weight excluding hydrogens is 436 g/mol. The second-order valence-corrected chi connectivity index (χ2v) is 9.08. The standard InChI is InChI=1S/C26H30N2O6/c1-15-9-10-19(16(2)13-15)22(18-7-5-6-8-18)17(3)33-21(29)14-28-25(30)23-24(34-26(28)31)20(32-4)11-12-27-23/h9-13,17-18,22H,5-8,14H2,1-4H3. The number of esters is 1. The Hall–Kier alpha value is -3.42. The van der Waals surface area contributed by atoms with Gasteiger partial charge in [0.05, 0.1) is 7.11 Å². The van der Waals surface area contributed by atoms with Crippen LogP contribution in [0.5, 0.6) is 5.75 Å². The van der Waals surface area contributed by atoms with E-state index in [1.54, 1.807) is 0 Å². The quantitative estimate of drug-likeness (QED) is 0.487. The van der Waals surface area contributed by atoms with Crippen LogP contribution in [0.2, 0.25) is 0 Å². The highest BCUT2D eigenvalue weighted by Gasteiger charge is 2.34. The zero-order valence-electron chi connectivity index (χ0n) is 20.0. The van der Waals surface area contributed by atoms with E-state index in [1.165, 1.54) is 36.1 Å². The Kier molecular flexibility index (Phi) is 6.86. The van der Waals surface area contributed by atoms with Gasteiger partial charge in [0.15, 0.2) is 11.3 Å². The fraction of sp³-hybridized carbons (Fsp3) is 0.462. The number of carbonyl (C=O) groups excluding carboxylic acids is 1. The molecule has 1 saturated carbocycles. The molecular formula is C26H30N2O6. The molecule has 4 rings (SSSR count). The number of ether oxygens (including phenoxy) is 2. The molecule has 0 bridgehead atoms. The number of pyridine rings is 1. The molecule has 0 saturated heterocycles. The van der Waals surface area contributed by atoms with E-state index in [0.29, 0.717) is 10.5 Å². The lowest BCUT2D eigenvalue weighted by molar-refractivity contribution is -0.151. The van der Waals surface area contributed by atoms with Crippen molar-refractivity contribution in [1.82, 2.24) is 9.55 Å². The van der Waals surface area contributed by atoms with E-state index < -0.39 is 29.9 Å². The van der Waals surface area contributed by atoms with Crippen molar-refractivity contribution < 1.29 is 18.7 Å². The summed E-state index contributed by atoms with van der Waals surface area (Å²) >= 11 is 0. The van der Waals surface area contributed by atoms with Crippen LogP contribution >= 0.6 is 0 Å². The van der Waals surface area contributed by atoms with Gasteiger partial charge in [-0.05, 0) is 50.7 Å². The minimum Gasteiger partial charge on any atom is -0.493 e. The predicted molar refractivity (Wildman–Crippen MR) is 127 cm³/mol. The van der Waals surface area contributed by atoms with Gasteiger partial charge in [0, 0.05) is 18.2 Å². The van der Waals surface area contributed by atoms with E-state index in [1.807, 2.05) is 6.92 Å². The third-order valence-corrected chi connectivity index (χ3v) is 6.75. The molecule has 1 aliphatic rings. The molecule has 1 fully saturated rings. The van der Waals surface area contributed by atoms with Gasteiger partial charge in [-0.3, -0.25) is 9.59 Å². The molecule has 0 aliphatic heterocycles. The van der Waals surface area contributed by atoms with Crippen molar-refractivity contribution in [3.8, 4) is 5.75 Å². The molecule has 2 heterocycles. The van der Waals surface area contributed by atoms with Crippen molar-refractivity contribution in [1.29, 1.82) is 0 Å². The molecule has 2 aromatic heterocycles. The van der Waals surface area contributed by atoms with E-state index in [9.17, 15) is 14.4 Å². The van der Waals surface area contributed by atoms with Crippen LogP contribution in [0.1, 0.15) is 55.2 Å². The number of methoxy groups -OCH3 is 1. The second kappa shape index (κ2) is 9.83. The van der Waals surface area contributed by atoms with Crippen LogP contribution in [-0.4, -0.2) is 28.7 Å². The molecule has 8 heteroatoms. The highest BCUT2D eigenvalue weighted by atomic mass is 16.5. The SMILES string of the molecule is COc1ccnc2c(=O)n(CC(=O)OC(C)C(c3ccc(C)cc3C)C3CCCC3)c(=O)oc12. The van der Waals surface area contributed by atoms with E-state index in [-0.39, 0.29) is 22.8 Å². The molecule has 3 aromatic rings. The molecule has 1 aromatic carbocycles. The van der Waals surface area contributed by atoms with E-state index >= 15 is 0 Å². The number of fused-ring (bicyclic) bond motifs is 1. The van der Waals surface area contributed by atoms with Gasteiger partial charge in [-0.15, -0.1) is 0 Å². The van der Waals surface area contributed by atoms with Gasteiger partial charge >= 0.3 is 11.7 Å². The summed E-state index contributed by atoms with van der Waals surface area (Å²) in [6.45, 7) is 5.48. The topological polar surface area (TPSA) is 101 Å². The van der Waals surface area contributed by atoms with Gasteiger partial charge in [-0.2, -0.15) is 0 Å². The Bertz CT molecular complexity index is 1320. The lowest BCUT2D eigenvalue weighted by Crippen LogP contribution is -2.37. The number of aryl methyl sites for hydroxylation is 2. The first-order valence-corrected chi connectivity index (χ1v) is 11.6. The van der Waals surface area contributed by atoms with Gasteiger partial charge in [-0.25, -0.2) is 14.3 Å². The van der Waals surface area contributed by atoms with Crippen LogP contribution in [0.3, 0.4) is 0 Å². The average molecular weight is 467 g/mol. The summed E-state index contributed by atoms with van der Waals surface area (Å²) in [5, 5.41) is 0. The summed E-state index contributed by atoms with van der Waals surface area (Å²) in [7, 11) is 1.40. The fourth-order valence-corrected chi connectivity index (χ4v) is 5.18. The van der Waals surface area contributed by atoms with Gasteiger partial charge in [0.1, 0.15) is 12.6 Å². The summed E-state index contributed by atoms with van der Waals surface area (Å²) in [5.74, 6) is -0.959. The molecule has 34 heavy (non-hydrogen) atoms. The minimum absolute atomic E-state index is 0.0442. The lowest BCUT2D eigenvalue weighted by atomic mass is 9.79. The summed E-state index contributed by atoms with van der Waals surface area (Å²) in [6.07, 6.45) is 5.46. The number of rotatable bonds is 7. The van der Waals surface area contributed by atoms with E-state index in [0.717, 1.165) is 25.7 Å². The smallest absolute Gasteiger partial charge is 0.423 e. The maximum absolute atomic E-state index is 12.9. The Morgan fingerprint density at radius 3 is 2.62 bits per heavy atom. The highest BCUT2D eigenvalue weighted by molar-refractivity contribution is 5.77. The molecule has 180 valence electrons. The fourth-order valence-electron chi connectivity index (χ4n) is 5.18. The normalized spacial score (nSPS) is 15.9. The average Bonchev–Trinajstić information content (AvgIpc) is 3.32. The molecule has 0 N–H and O–H groups in total. The van der Waals surface area contributed by atoms with Crippen molar-refractivity contribution in [2.75, 3.05) is 7.11 Å². The number of hydrogen-bond donors (Lipinski definition) is 0. The third-order valence-electron chi connectivity index (χ3n) is 6.75. The van der Waals surface area contributed by atoms with Crippen molar-refractivity contribution in [2.24, 2.45) is 5.92 Å². The molecule has 2 unspecified atom stereocenters. The molecule has 8 nitrogen and oxygen atoms in total. The van der Waals surface area contributed by atoms with E-state index in [4.69, 9.17) is 13.9 Å². The van der Waals surface area contributed by atoms with Crippen molar-refractivity contribution >= 4 is 17.1 Å².